The van der Waals surface area contributed by atoms with E-state index in [1.807, 2.05) is 0 Å². The Labute approximate surface area is 98.6 Å². The van der Waals surface area contributed by atoms with Crippen LogP contribution in [0.15, 0.2) is 0 Å². The third-order valence-corrected chi connectivity index (χ3v) is 6.02. The van der Waals surface area contributed by atoms with E-state index in [4.69, 9.17) is 5.73 Å². The molecule has 16 heavy (non-hydrogen) atoms. The minimum Gasteiger partial charge on any atom is -0.389 e. The average Bonchev–Trinajstić information content (AvgIpc) is 2.89. The van der Waals surface area contributed by atoms with Gasteiger partial charge in [0.05, 0.1) is 5.60 Å². The molecule has 6 atom stereocenters. The fourth-order valence-electron chi connectivity index (χ4n) is 5.35. The van der Waals surface area contributed by atoms with E-state index in [-0.39, 0.29) is 0 Å². The Morgan fingerprint density at radius 2 is 2.12 bits per heavy atom. The van der Waals surface area contributed by atoms with E-state index in [2.05, 4.69) is 6.92 Å². The van der Waals surface area contributed by atoms with Crippen LogP contribution in [-0.4, -0.2) is 17.3 Å². The van der Waals surface area contributed by atoms with Crippen LogP contribution in [0.5, 0.6) is 0 Å². The van der Waals surface area contributed by atoms with Crippen molar-refractivity contribution in [3.8, 4) is 0 Å². The fraction of sp³-hybridized carbons (Fsp3) is 1.00. The largest absolute Gasteiger partial charge is 0.389 e. The van der Waals surface area contributed by atoms with Gasteiger partial charge in [0.1, 0.15) is 0 Å². The number of hydrogen-bond acceptors (Lipinski definition) is 2. The van der Waals surface area contributed by atoms with Crippen molar-refractivity contribution in [2.45, 2.75) is 51.0 Å². The molecule has 92 valence electrons. The van der Waals surface area contributed by atoms with Gasteiger partial charge >= 0.3 is 0 Å². The molecule has 0 aromatic heterocycles. The summed E-state index contributed by atoms with van der Waals surface area (Å²) in [6.45, 7) is 2.83. The third kappa shape index (κ3) is 1.26. The molecule has 0 amide bonds. The van der Waals surface area contributed by atoms with Gasteiger partial charge in [-0.05, 0) is 68.2 Å². The van der Waals surface area contributed by atoms with Crippen molar-refractivity contribution in [3.05, 3.63) is 0 Å². The average molecular weight is 223 g/mol. The summed E-state index contributed by atoms with van der Waals surface area (Å²) in [4.78, 5) is 0. The molecule has 3 saturated carbocycles. The van der Waals surface area contributed by atoms with Crippen molar-refractivity contribution in [2.24, 2.45) is 35.3 Å². The Kier molecular flexibility index (Phi) is 2.56. The minimum absolute atomic E-state index is 0.337. The summed E-state index contributed by atoms with van der Waals surface area (Å²) in [5.41, 5.74) is 5.45. The highest BCUT2D eigenvalue weighted by molar-refractivity contribution is 5.12. The van der Waals surface area contributed by atoms with Crippen molar-refractivity contribution in [3.63, 3.8) is 0 Å². The van der Waals surface area contributed by atoms with Gasteiger partial charge in [0.15, 0.2) is 0 Å². The van der Waals surface area contributed by atoms with Gasteiger partial charge in [0, 0.05) is 0 Å². The highest BCUT2D eigenvalue weighted by atomic mass is 16.3. The SMILES string of the molecule is CCC(CN)C1(O)CC2CC1C1CCCC21. The second-order valence-electron chi connectivity index (χ2n) is 6.40. The molecule has 0 aromatic rings. The summed E-state index contributed by atoms with van der Waals surface area (Å²) in [5.74, 6) is 3.54. The smallest absolute Gasteiger partial charge is 0.0721 e. The molecular weight excluding hydrogens is 198 g/mol. The van der Waals surface area contributed by atoms with Gasteiger partial charge < -0.3 is 10.8 Å². The van der Waals surface area contributed by atoms with Crippen LogP contribution in [0.1, 0.15) is 45.4 Å². The molecule has 3 fully saturated rings. The van der Waals surface area contributed by atoms with E-state index in [0.29, 0.717) is 18.4 Å². The number of aliphatic hydroxyl groups is 1. The Bertz CT molecular complexity index is 276. The van der Waals surface area contributed by atoms with Gasteiger partial charge in [-0.1, -0.05) is 13.3 Å². The van der Waals surface area contributed by atoms with Gasteiger partial charge in [-0.3, -0.25) is 0 Å². The van der Waals surface area contributed by atoms with Crippen LogP contribution >= 0.6 is 0 Å². The molecule has 0 heterocycles. The monoisotopic (exact) mass is 223 g/mol. The predicted octanol–water partition coefficient (Wildman–Crippen LogP) is 2.16. The molecule has 6 unspecified atom stereocenters. The van der Waals surface area contributed by atoms with E-state index in [9.17, 15) is 5.11 Å². The molecule has 0 saturated heterocycles. The lowest BCUT2D eigenvalue weighted by Gasteiger charge is -2.43. The first-order chi connectivity index (χ1) is 7.70. The van der Waals surface area contributed by atoms with Crippen LogP contribution in [0.2, 0.25) is 0 Å². The quantitative estimate of drug-likeness (QED) is 0.770. The lowest BCUT2D eigenvalue weighted by atomic mass is 9.67. The molecule has 0 aromatic carbocycles. The van der Waals surface area contributed by atoms with Crippen molar-refractivity contribution in [1.82, 2.24) is 0 Å². The van der Waals surface area contributed by atoms with Gasteiger partial charge in [-0.2, -0.15) is 0 Å². The lowest BCUT2D eigenvalue weighted by molar-refractivity contribution is -0.0891. The molecule has 0 aliphatic heterocycles. The zero-order valence-electron chi connectivity index (χ0n) is 10.4. The highest BCUT2D eigenvalue weighted by Gasteiger charge is 2.61. The Hall–Kier alpha value is -0.0800. The molecule has 2 heteroatoms. The first-order valence-corrected chi connectivity index (χ1v) is 7.13. The van der Waals surface area contributed by atoms with Crippen LogP contribution < -0.4 is 5.73 Å². The van der Waals surface area contributed by atoms with Crippen molar-refractivity contribution >= 4 is 0 Å². The zero-order valence-corrected chi connectivity index (χ0v) is 10.4. The van der Waals surface area contributed by atoms with Crippen molar-refractivity contribution in [1.29, 1.82) is 0 Å². The molecule has 3 N–H and O–H groups in total. The van der Waals surface area contributed by atoms with Gasteiger partial charge in [-0.25, -0.2) is 0 Å². The summed E-state index contributed by atoms with van der Waals surface area (Å²) in [6, 6.07) is 0. The first kappa shape index (κ1) is 11.0. The minimum atomic E-state index is -0.403. The van der Waals surface area contributed by atoms with E-state index in [1.165, 1.54) is 25.7 Å². The van der Waals surface area contributed by atoms with Gasteiger partial charge in [-0.15, -0.1) is 0 Å². The second kappa shape index (κ2) is 3.71. The van der Waals surface area contributed by atoms with Crippen molar-refractivity contribution < 1.29 is 5.11 Å². The summed E-state index contributed by atoms with van der Waals surface area (Å²) in [5, 5.41) is 11.0. The predicted molar refractivity (Wildman–Crippen MR) is 64.8 cm³/mol. The maximum absolute atomic E-state index is 11.0. The Morgan fingerprint density at radius 1 is 1.38 bits per heavy atom. The topological polar surface area (TPSA) is 46.2 Å². The fourth-order valence-corrected chi connectivity index (χ4v) is 5.35. The first-order valence-electron chi connectivity index (χ1n) is 7.13. The number of rotatable bonds is 3. The van der Waals surface area contributed by atoms with Crippen LogP contribution in [0.25, 0.3) is 0 Å². The van der Waals surface area contributed by atoms with Crippen LogP contribution in [-0.2, 0) is 0 Å². The number of fused-ring (bicyclic) bond motifs is 5. The van der Waals surface area contributed by atoms with E-state index >= 15 is 0 Å². The molecular formula is C14H25NO. The van der Waals surface area contributed by atoms with E-state index < -0.39 is 5.60 Å². The number of nitrogens with two attached hydrogens (primary N) is 1. The van der Waals surface area contributed by atoms with Gasteiger partial charge in [0.25, 0.3) is 0 Å². The molecule has 3 aliphatic rings. The standard InChI is InChI=1S/C14H25NO/c1-2-10(8-15)14(16)7-9-6-13(14)12-5-3-4-11(9)12/h9-13,16H,2-8,15H2,1H3. The lowest BCUT2D eigenvalue weighted by Crippen LogP contribution is -2.49. The molecule has 3 aliphatic carbocycles. The van der Waals surface area contributed by atoms with E-state index in [0.717, 1.165) is 30.6 Å². The normalized spacial score (nSPS) is 51.9. The molecule has 2 bridgehead atoms. The number of hydrogen-bond donors (Lipinski definition) is 2. The van der Waals surface area contributed by atoms with Crippen LogP contribution in [0.3, 0.4) is 0 Å². The maximum Gasteiger partial charge on any atom is 0.0721 e. The van der Waals surface area contributed by atoms with Crippen molar-refractivity contribution in [2.75, 3.05) is 6.54 Å². The second-order valence-corrected chi connectivity index (χ2v) is 6.40. The highest BCUT2D eigenvalue weighted by Crippen LogP contribution is 2.64. The zero-order chi connectivity index (χ0) is 11.3. The summed E-state index contributed by atoms with van der Waals surface area (Å²) in [7, 11) is 0. The molecule has 2 nitrogen and oxygen atoms in total. The molecule has 0 radical (unpaired) electrons. The van der Waals surface area contributed by atoms with Crippen LogP contribution in [0, 0.1) is 29.6 Å². The van der Waals surface area contributed by atoms with Gasteiger partial charge in [0.2, 0.25) is 0 Å². The Morgan fingerprint density at radius 3 is 2.81 bits per heavy atom. The third-order valence-electron chi connectivity index (χ3n) is 6.02. The molecule has 0 spiro atoms. The maximum atomic E-state index is 11.0. The Balaban J connectivity index is 1.84. The van der Waals surface area contributed by atoms with E-state index in [1.54, 1.807) is 0 Å². The molecule has 3 rings (SSSR count). The summed E-state index contributed by atoms with van der Waals surface area (Å²) in [6.07, 6.45) is 7.58. The summed E-state index contributed by atoms with van der Waals surface area (Å²) >= 11 is 0. The summed E-state index contributed by atoms with van der Waals surface area (Å²) < 4.78 is 0. The van der Waals surface area contributed by atoms with Crippen LogP contribution in [0.4, 0.5) is 0 Å².